The van der Waals surface area contributed by atoms with E-state index in [4.69, 9.17) is 0 Å². The second kappa shape index (κ2) is 5.56. The molecule has 0 aromatic carbocycles. The maximum absolute atomic E-state index is 12.3. The quantitative estimate of drug-likeness (QED) is 0.935. The molecule has 0 saturated carbocycles. The molecule has 0 atom stereocenters. The van der Waals surface area contributed by atoms with Crippen LogP contribution in [0.15, 0.2) is 12.3 Å². The number of anilines is 1. The number of carbonyl (C=O) groups excluding carboxylic acids is 2. The number of aromatic nitrogens is 3. The Labute approximate surface area is 138 Å². The van der Waals surface area contributed by atoms with Gasteiger partial charge in [-0.2, -0.15) is 5.10 Å². The monoisotopic (exact) mass is 332 g/mol. The van der Waals surface area contributed by atoms with Crippen molar-refractivity contribution in [3.63, 3.8) is 0 Å². The lowest BCUT2D eigenvalue weighted by Gasteiger charge is -2.26. The van der Waals surface area contributed by atoms with E-state index in [-0.39, 0.29) is 23.1 Å². The van der Waals surface area contributed by atoms with Crippen molar-refractivity contribution >= 4 is 28.2 Å². The molecule has 1 amide bonds. The molecule has 1 aliphatic carbocycles. The van der Waals surface area contributed by atoms with Crippen LogP contribution in [0.4, 0.5) is 5.13 Å². The minimum absolute atomic E-state index is 0.0739. The first kappa shape index (κ1) is 15.9. The zero-order chi connectivity index (χ0) is 16.8. The van der Waals surface area contributed by atoms with Gasteiger partial charge in [-0.1, -0.05) is 25.2 Å². The van der Waals surface area contributed by atoms with Gasteiger partial charge >= 0.3 is 0 Å². The highest BCUT2D eigenvalue weighted by molar-refractivity contribution is 7.17. The number of nitrogens with zero attached hydrogens (tertiary/aromatic N) is 3. The van der Waals surface area contributed by atoms with E-state index in [0.29, 0.717) is 22.1 Å². The van der Waals surface area contributed by atoms with Gasteiger partial charge < -0.3 is 0 Å². The van der Waals surface area contributed by atoms with Crippen molar-refractivity contribution in [1.82, 2.24) is 14.8 Å². The molecule has 6 nitrogen and oxygen atoms in total. The number of hydrogen-bond donors (Lipinski definition) is 1. The highest BCUT2D eigenvalue weighted by Crippen LogP contribution is 2.38. The summed E-state index contributed by atoms with van der Waals surface area (Å²) in [4.78, 5) is 29.6. The summed E-state index contributed by atoms with van der Waals surface area (Å²) in [5, 5.41) is 7.46. The fourth-order valence-corrected chi connectivity index (χ4v) is 3.60. The summed E-state index contributed by atoms with van der Waals surface area (Å²) in [7, 11) is 0. The molecule has 0 spiro atoms. The number of carbonyl (C=O) groups is 2. The fraction of sp³-hybridized carbons (Fsp3) is 0.500. The second-order valence-corrected chi connectivity index (χ2v) is 7.96. The lowest BCUT2D eigenvalue weighted by molar-refractivity contribution is 0.0915. The Bertz CT molecular complexity index is 773. The fourth-order valence-electron chi connectivity index (χ4n) is 2.68. The molecule has 0 bridgehead atoms. The molecule has 1 N–H and O–H groups in total. The van der Waals surface area contributed by atoms with Crippen molar-refractivity contribution in [3.8, 4) is 0 Å². The van der Waals surface area contributed by atoms with Gasteiger partial charge in [-0.3, -0.25) is 19.6 Å². The molecule has 2 heterocycles. The lowest BCUT2D eigenvalue weighted by Crippen LogP contribution is -2.26. The first-order valence-corrected chi connectivity index (χ1v) is 8.46. The summed E-state index contributed by atoms with van der Waals surface area (Å²) in [6.45, 7) is 8.11. The average Bonchev–Trinajstić information content (AvgIpc) is 3.03. The highest BCUT2D eigenvalue weighted by Gasteiger charge is 2.34. The number of Topliss-reactive ketones (excluding diaryl/α,β-unsaturated/α-hetero) is 1. The van der Waals surface area contributed by atoms with Crippen molar-refractivity contribution < 1.29 is 9.59 Å². The second-order valence-electron chi connectivity index (χ2n) is 6.96. The van der Waals surface area contributed by atoms with E-state index in [1.807, 2.05) is 13.8 Å². The Morgan fingerprint density at radius 1 is 1.39 bits per heavy atom. The Morgan fingerprint density at radius 2 is 2.13 bits per heavy atom. The summed E-state index contributed by atoms with van der Waals surface area (Å²) in [5.41, 5.74) is 1.06. The normalized spacial score (nSPS) is 16.5. The largest absolute Gasteiger partial charge is 0.296 e. The molecule has 0 aliphatic heterocycles. The number of amides is 1. The zero-order valence-electron chi connectivity index (χ0n) is 13.7. The SMILES string of the molecule is CC(C)n1ccc(C(=O)Nc2nc3c(s2)C(=O)CC(C)(C)C3)n1. The molecule has 3 rings (SSSR count). The molecule has 1 aliphatic rings. The van der Waals surface area contributed by atoms with E-state index in [0.717, 1.165) is 12.1 Å². The van der Waals surface area contributed by atoms with Gasteiger partial charge in [0, 0.05) is 18.7 Å². The van der Waals surface area contributed by atoms with Crippen molar-refractivity contribution in [1.29, 1.82) is 0 Å². The molecule has 0 unspecified atom stereocenters. The molecule has 0 fully saturated rings. The van der Waals surface area contributed by atoms with Crippen molar-refractivity contribution in [2.45, 2.75) is 46.6 Å². The van der Waals surface area contributed by atoms with Crippen LogP contribution in [-0.2, 0) is 6.42 Å². The maximum atomic E-state index is 12.3. The van der Waals surface area contributed by atoms with Crippen LogP contribution in [0.25, 0.3) is 0 Å². The van der Waals surface area contributed by atoms with Gasteiger partial charge in [-0.25, -0.2) is 4.98 Å². The first-order valence-electron chi connectivity index (χ1n) is 7.64. The smallest absolute Gasteiger partial charge is 0.277 e. The summed E-state index contributed by atoms with van der Waals surface area (Å²) < 4.78 is 1.73. The van der Waals surface area contributed by atoms with E-state index < -0.39 is 0 Å². The van der Waals surface area contributed by atoms with E-state index in [9.17, 15) is 9.59 Å². The Hall–Kier alpha value is -2.02. The number of rotatable bonds is 3. The Morgan fingerprint density at radius 3 is 2.78 bits per heavy atom. The number of nitrogens with one attached hydrogen (secondary N) is 1. The predicted octanol–water partition coefficient (Wildman–Crippen LogP) is 3.33. The van der Waals surface area contributed by atoms with Crippen molar-refractivity contribution in [3.05, 3.63) is 28.5 Å². The van der Waals surface area contributed by atoms with Gasteiger partial charge in [-0.05, 0) is 31.7 Å². The van der Waals surface area contributed by atoms with Crippen LogP contribution < -0.4 is 5.32 Å². The van der Waals surface area contributed by atoms with E-state index in [1.54, 1.807) is 16.9 Å². The Balaban J connectivity index is 1.79. The molecule has 122 valence electrons. The van der Waals surface area contributed by atoms with Crippen molar-refractivity contribution in [2.75, 3.05) is 5.32 Å². The van der Waals surface area contributed by atoms with Crippen LogP contribution in [-0.4, -0.2) is 26.5 Å². The molecule has 23 heavy (non-hydrogen) atoms. The summed E-state index contributed by atoms with van der Waals surface area (Å²) in [6, 6.07) is 1.88. The topological polar surface area (TPSA) is 76.9 Å². The number of hydrogen-bond acceptors (Lipinski definition) is 5. The molecule has 0 saturated heterocycles. The van der Waals surface area contributed by atoms with Crippen LogP contribution in [0.1, 0.15) is 66.0 Å². The third kappa shape index (κ3) is 3.19. The van der Waals surface area contributed by atoms with Crippen molar-refractivity contribution in [2.24, 2.45) is 5.41 Å². The number of thiazole rings is 1. The standard InChI is InChI=1S/C16H20N4O2S/c1-9(2)20-6-5-10(19-20)14(22)18-15-17-11-7-16(3,4)8-12(21)13(11)23-15/h5-6,9H,7-8H2,1-4H3,(H,17,18,22). The summed E-state index contributed by atoms with van der Waals surface area (Å²) in [5.74, 6) is -0.194. The summed E-state index contributed by atoms with van der Waals surface area (Å²) >= 11 is 1.25. The van der Waals surface area contributed by atoms with Crippen LogP contribution in [0.3, 0.4) is 0 Å². The molecule has 7 heteroatoms. The van der Waals surface area contributed by atoms with Gasteiger partial charge in [0.2, 0.25) is 0 Å². The minimum Gasteiger partial charge on any atom is -0.296 e. The van der Waals surface area contributed by atoms with Gasteiger partial charge in [0.25, 0.3) is 5.91 Å². The molecule has 0 radical (unpaired) electrons. The van der Waals surface area contributed by atoms with E-state index >= 15 is 0 Å². The van der Waals surface area contributed by atoms with Crippen LogP contribution in [0, 0.1) is 5.41 Å². The van der Waals surface area contributed by atoms with E-state index in [2.05, 4.69) is 29.2 Å². The lowest BCUT2D eigenvalue weighted by atomic mass is 9.78. The third-order valence-corrected chi connectivity index (χ3v) is 4.88. The third-order valence-electron chi connectivity index (χ3n) is 3.83. The predicted molar refractivity (Wildman–Crippen MR) is 89.1 cm³/mol. The zero-order valence-corrected chi connectivity index (χ0v) is 14.5. The first-order chi connectivity index (χ1) is 10.7. The van der Waals surface area contributed by atoms with Crippen LogP contribution >= 0.6 is 11.3 Å². The minimum atomic E-state index is -0.304. The summed E-state index contributed by atoms with van der Waals surface area (Å²) in [6.07, 6.45) is 3.05. The van der Waals surface area contributed by atoms with Gasteiger partial charge in [0.15, 0.2) is 16.6 Å². The molecule has 2 aromatic rings. The molecular formula is C16H20N4O2S. The van der Waals surface area contributed by atoms with Gasteiger partial charge in [-0.15, -0.1) is 0 Å². The van der Waals surface area contributed by atoms with Gasteiger partial charge in [0.1, 0.15) is 0 Å². The van der Waals surface area contributed by atoms with Gasteiger partial charge in [0.05, 0.1) is 10.6 Å². The van der Waals surface area contributed by atoms with Crippen LogP contribution in [0.5, 0.6) is 0 Å². The average molecular weight is 332 g/mol. The maximum Gasteiger partial charge on any atom is 0.277 e. The number of fused-ring (bicyclic) bond motifs is 1. The number of ketones is 1. The highest BCUT2D eigenvalue weighted by atomic mass is 32.1. The molecule has 2 aromatic heterocycles. The van der Waals surface area contributed by atoms with E-state index in [1.165, 1.54) is 11.3 Å². The Kier molecular flexibility index (Phi) is 3.83. The van der Waals surface area contributed by atoms with Crippen LogP contribution in [0.2, 0.25) is 0 Å². The molecular weight excluding hydrogens is 312 g/mol.